The number of azo groups is 1. The van der Waals surface area contributed by atoms with Gasteiger partial charge in [0.2, 0.25) is 17.2 Å². The number of rotatable bonds is 9. The van der Waals surface area contributed by atoms with Crippen molar-refractivity contribution < 1.29 is 44.0 Å². The summed E-state index contributed by atoms with van der Waals surface area (Å²) in [4.78, 5) is 8.83. The first-order valence-corrected chi connectivity index (χ1v) is 17.1. The Morgan fingerprint density at radius 1 is 0.826 bits per heavy atom. The van der Waals surface area contributed by atoms with Crippen LogP contribution in [0.25, 0.3) is 21.5 Å². The number of hydrogen-bond acceptors (Lipinski definition) is 17. The van der Waals surface area contributed by atoms with Crippen LogP contribution in [0.2, 0.25) is 5.28 Å². The molecule has 0 saturated carbocycles. The minimum absolute atomic E-state index is 0.0140. The summed E-state index contributed by atoms with van der Waals surface area (Å²) in [5, 5.41) is 23.2. The van der Waals surface area contributed by atoms with Gasteiger partial charge in [0.25, 0.3) is 0 Å². The number of halogens is 1. The first kappa shape index (κ1) is 32.8. The summed E-state index contributed by atoms with van der Waals surface area (Å²) in [6, 6.07) is 10.5. The lowest BCUT2D eigenvalue weighted by atomic mass is 10.1. The van der Waals surface area contributed by atoms with Crippen molar-refractivity contribution in [3.8, 4) is 5.75 Å². The molecule has 0 unspecified atom stereocenters. The Morgan fingerprint density at radius 2 is 1.52 bits per heavy atom. The molecule has 0 spiro atoms. The number of nitrogens with zero attached hydrogens (tertiary/aromatic N) is 5. The molecule has 0 aliphatic rings. The summed E-state index contributed by atoms with van der Waals surface area (Å²) < 4.78 is 109. The van der Waals surface area contributed by atoms with Gasteiger partial charge in [-0.25, -0.2) is 25.3 Å². The predicted octanol–water partition coefficient (Wildman–Crippen LogP) is 3.84. The lowest BCUT2D eigenvalue weighted by Crippen LogP contribution is -2.08. The Hall–Kier alpha value is -4.57. The average molecular weight is 707 g/mol. The number of phenolic OH excluding ortho intramolecular Hbond substituents is 1. The number of hydrogen-bond donors (Lipinski definition) is 3. The number of nitrogens with one attached hydrogen (secondary N) is 2. The zero-order valence-corrected chi connectivity index (χ0v) is 26.1. The normalized spacial score (nSPS) is 12.6. The van der Waals surface area contributed by atoms with Gasteiger partial charge in [-0.15, -0.1) is 10.2 Å². The minimum Gasteiger partial charge on any atom is -0.744 e. The van der Waals surface area contributed by atoms with E-state index in [1.807, 2.05) is 0 Å². The van der Waals surface area contributed by atoms with Crippen molar-refractivity contribution in [2.45, 2.75) is 21.6 Å². The number of benzene rings is 4. The van der Waals surface area contributed by atoms with Crippen molar-refractivity contribution in [3.05, 3.63) is 59.9 Å². The summed E-state index contributed by atoms with van der Waals surface area (Å²) in [7, 11) is -15.9. The van der Waals surface area contributed by atoms with Crippen molar-refractivity contribution in [1.29, 1.82) is 0 Å². The molecule has 17 nitrogen and oxygen atoms in total. The van der Waals surface area contributed by atoms with Crippen molar-refractivity contribution in [2.24, 2.45) is 10.2 Å². The van der Waals surface area contributed by atoms with Crippen LogP contribution in [0.4, 0.5) is 29.0 Å². The Morgan fingerprint density at radius 3 is 2.17 bits per heavy atom. The fourth-order valence-corrected chi connectivity index (χ4v) is 6.59. The second-order valence-corrected chi connectivity index (χ2v) is 13.6. The molecule has 3 N–H and O–H groups in total. The third-order valence-electron chi connectivity index (χ3n) is 6.24. The molecular weight excluding hydrogens is 690 g/mol. The maximum absolute atomic E-state index is 12.3. The van der Waals surface area contributed by atoms with E-state index in [2.05, 4.69) is 35.8 Å². The van der Waals surface area contributed by atoms with Crippen molar-refractivity contribution >= 4 is 92.5 Å². The highest BCUT2D eigenvalue weighted by Gasteiger charge is 2.23. The van der Waals surface area contributed by atoms with E-state index in [9.17, 15) is 44.0 Å². The van der Waals surface area contributed by atoms with Gasteiger partial charge in [0.05, 0.1) is 20.4 Å². The Bertz CT molecular complexity index is 2430. The van der Waals surface area contributed by atoms with E-state index in [0.29, 0.717) is 24.1 Å². The van der Waals surface area contributed by atoms with E-state index in [1.165, 1.54) is 24.3 Å². The fourth-order valence-electron chi connectivity index (χ4n) is 4.43. The highest BCUT2D eigenvalue weighted by atomic mass is 35.5. The van der Waals surface area contributed by atoms with Crippen molar-refractivity contribution in [2.75, 3.05) is 17.2 Å². The largest absolute Gasteiger partial charge is 0.744 e. The Balaban J connectivity index is 1.80. The van der Waals surface area contributed by atoms with Gasteiger partial charge >= 0.3 is 0 Å². The molecule has 1 heterocycles. The van der Waals surface area contributed by atoms with E-state index < -0.39 is 78.6 Å². The van der Waals surface area contributed by atoms with Crippen LogP contribution in [0.15, 0.2) is 79.5 Å². The quantitative estimate of drug-likeness (QED) is 0.145. The Kier molecular flexibility index (Phi) is 8.55. The molecule has 4 aromatic carbocycles. The van der Waals surface area contributed by atoms with Gasteiger partial charge in [0.1, 0.15) is 41.7 Å². The number of aromatic nitrogens is 3. The standard InChI is InChI=1S/C25H20ClN7O10S3/c1-2-27-24-29-23(26)30-25(31-24)28-17-11-14(44(35,36)37)9-13-10-18(45(38,39)40)20(21(34)19(13)17)33-32-16-8-7-12-5-3-4-6-15(12)22(16)46(41,42)43/h3-11,34H,2H2,1H3,(H,35,36,37)(H,38,39,40)(H,41,42,43)(H2,27,28,29,30,31)/p-3. The van der Waals surface area contributed by atoms with Gasteiger partial charge in [-0.2, -0.15) is 15.0 Å². The summed E-state index contributed by atoms with van der Waals surface area (Å²) in [6.07, 6.45) is 0. The number of aromatic hydroxyl groups is 1. The lowest BCUT2D eigenvalue weighted by molar-refractivity contribution is 0.458. The summed E-state index contributed by atoms with van der Waals surface area (Å²) in [5.74, 6) is -1.41. The van der Waals surface area contributed by atoms with E-state index >= 15 is 0 Å². The molecule has 0 bridgehead atoms. The third kappa shape index (κ3) is 6.67. The molecule has 0 saturated heterocycles. The molecule has 0 aliphatic carbocycles. The second kappa shape index (κ2) is 12.0. The van der Waals surface area contributed by atoms with Gasteiger partial charge < -0.3 is 29.4 Å². The third-order valence-corrected chi connectivity index (χ3v) is 9.00. The van der Waals surface area contributed by atoms with Crippen LogP contribution in [0.1, 0.15) is 6.92 Å². The van der Waals surface area contributed by atoms with Crippen LogP contribution in [0, 0.1) is 0 Å². The first-order chi connectivity index (χ1) is 21.5. The van der Waals surface area contributed by atoms with Crippen molar-refractivity contribution in [1.82, 2.24) is 15.0 Å². The van der Waals surface area contributed by atoms with Crippen LogP contribution in [-0.2, 0) is 30.4 Å². The zero-order chi connectivity index (χ0) is 33.6. The summed E-state index contributed by atoms with van der Waals surface area (Å²) >= 11 is 5.95. The summed E-state index contributed by atoms with van der Waals surface area (Å²) in [6.45, 7) is 2.09. The zero-order valence-electron chi connectivity index (χ0n) is 22.9. The van der Waals surface area contributed by atoms with Crippen LogP contribution >= 0.6 is 11.6 Å². The number of phenols is 1. The monoisotopic (exact) mass is 706 g/mol. The number of anilines is 3. The summed E-state index contributed by atoms with van der Waals surface area (Å²) in [5.41, 5.74) is -1.95. The van der Waals surface area contributed by atoms with Crippen LogP contribution in [0.5, 0.6) is 5.75 Å². The Labute approximate surface area is 265 Å². The van der Waals surface area contributed by atoms with Crippen molar-refractivity contribution in [3.63, 3.8) is 0 Å². The predicted molar refractivity (Wildman–Crippen MR) is 160 cm³/mol. The maximum Gasteiger partial charge on any atom is 0.233 e. The molecule has 1 aromatic heterocycles. The first-order valence-electron chi connectivity index (χ1n) is 12.5. The molecule has 0 fully saturated rings. The van der Waals surface area contributed by atoms with Crippen LogP contribution in [0.3, 0.4) is 0 Å². The molecule has 0 amide bonds. The molecule has 5 rings (SSSR count). The lowest BCUT2D eigenvalue weighted by Gasteiger charge is -2.18. The molecule has 0 aliphatic heterocycles. The number of fused-ring (bicyclic) bond motifs is 2. The van der Waals surface area contributed by atoms with Gasteiger partial charge in [-0.05, 0) is 53.6 Å². The maximum atomic E-state index is 12.3. The second-order valence-electron chi connectivity index (χ2n) is 9.25. The van der Waals surface area contributed by atoms with Crippen LogP contribution in [-0.4, -0.2) is 65.5 Å². The van der Waals surface area contributed by atoms with Gasteiger partial charge in [0.15, 0.2) is 5.75 Å². The molecule has 0 radical (unpaired) electrons. The molecule has 21 heteroatoms. The smallest absolute Gasteiger partial charge is 0.233 e. The molecule has 5 aromatic rings. The molecular formula is C25H17ClN7O10S3-3. The minimum atomic E-state index is -5.51. The van der Waals surface area contributed by atoms with Gasteiger partial charge in [0, 0.05) is 17.3 Å². The topological polar surface area (TPSA) is 279 Å². The fraction of sp³-hybridized carbons (Fsp3) is 0.0800. The highest BCUT2D eigenvalue weighted by molar-refractivity contribution is 7.86. The van der Waals surface area contributed by atoms with E-state index in [1.54, 1.807) is 13.0 Å². The van der Waals surface area contributed by atoms with E-state index in [4.69, 9.17) is 11.6 Å². The molecule has 240 valence electrons. The highest BCUT2D eigenvalue weighted by Crippen LogP contribution is 2.46. The van der Waals surface area contributed by atoms with E-state index in [0.717, 1.165) is 12.1 Å². The van der Waals surface area contributed by atoms with Gasteiger partial charge in [-0.1, -0.05) is 30.3 Å². The average Bonchev–Trinajstić information content (AvgIpc) is 2.94. The molecule has 46 heavy (non-hydrogen) atoms. The van der Waals surface area contributed by atoms with Gasteiger partial charge in [-0.3, -0.25) is 0 Å². The molecule has 0 atom stereocenters. The van der Waals surface area contributed by atoms with E-state index in [-0.39, 0.29) is 22.6 Å². The SMILES string of the molecule is CCNc1nc(Cl)nc(Nc2cc(S(=O)(=O)[O-])cc3cc(S(=O)(=O)[O-])c(N=Nc4ccc5ccccc5c4S(=O)(=O)[O-])c(O)c23)n1. The van der Waals surface area contributed by atoms with Crippen LogP contribution < -0.4 is 10.6 Å².